The molecular formula is C13H19FN2O2S. The first-order valence-electron chi connectivity index (χ1n) is 6.45. The maximum Gasteiger partial charge on any atom is 0.243 e. The topological polar surface area (TPSA) is 58.2 Å². The molecule has 1 aromatic carbocycles. The molecule has 0 aromatic heterocycles. The molecule has 4 nitrogen and oxygen atoms in total. The van der Waals surface area contributed by atoms with Gasteiger partial charge in [0.15, 0.2) is 0 Å². The van der Waals surface area contributed by atoms with Crippen molar-refractivity contribution in [2.45, 2.75) is 24.7 Å². The average molecular weight is 286 g/mol. The highest BCUT2D eigenvalue weighted by Crippen LogP contribution is 2.17. The first-order chi connectivity index (χ1) is 8.99. The molecule has 0 amide bonds. The molecule has 1 aliphatic heterocycles. The molecule has 0 saturated carbocycles. The highest BCUT2D eigenvalue weighted by molar-refractivity contribution is 7.89. The molecule has 1 saturated heterocycles. The molecule has 6 heteroatoms. The molecule has 1 aliphatic rings. The molecule has 1 aromatic rings. The average Bonchev–Trinajstić information content (AvgIpc) is 2.40. The molecule has 0 unspecified atom stereocenters. The van der Waals surface area contributed by atoms with Crippen molar-refractivity contribution in [1.82, 2.24) is 10.0 Å². The number of hydrogen-bond acceptors (Lipinski definition) is 3. The van der Waals surface area contributed by atoms with E-state index in [1.165, 1.54) is 12.1 Å². The van der Waals surface area contributed by atoms with E-state index in [1.54, 1.807) is 13.0 Å². The van der Waals surface area contributed by atoms with E-state index < -0.39 is 15.8 Å². The minimum Gasteiger partial charge on any atom is -0.316 e. The van der Waals surface area contributed by atoms with Gasteiger partial charge in [-0.15, -0.1) is 0 Å². The second kappa shape index (κ2) is 5.98. The van der Waals surface area contributed by atoms with Gasteiger partial charge in [0.1, 0.15) is 10.7 Å². The van der Waals surface area contributed by atoms with Crippen LogP contribution < -0.4 is 10.0 Å². The normalized spacial score (nSPS) is 20.4. The van der Waals surface area contributed by atoms with Gasteiger partial charge >= 0.3 is 0 Å². The zero-order valence-electron chi connectivity index (χ0n) is 10.9. The van der Waals surface area contributed by atoms with Gasteiger partial charge in [0, 0.05) is 6.54 Å². The van der Waals surface area contributed by atoms with Gasteiger partial charge in [-0.25, -0.2) is 17.5 Å². The summed E-state index contributed by atoms with van der Waals surface area (Å²) < 4.78 is 40.3. The van der Waals surface area contributed by atoms with Crippen LogP contribution in [0.5, 0.6) is 0 Å². The number of piperidine rings is 1. The Kier molecular flexibility index (Phi) is 4.54. The lowest BCUT2D eigenvalue weighted by Gasteiger charge is -2.22. The van der Waals surface area contributed by atoms with Crippen LogP contribution in [-0.4, -0.2) is 28.1 Å². The molecular weight excluding hydrogens is 267 g/mol. The first-order valence-corrected chi connectivity index (χ1v) is 7.94. The largest absolute Gasteiger partial charge is 0.316 e. The molecule has 1 fully saturated rings. The fraction of sp³-hybridized carbons (Fsp3) is 0.538. The molecule has 0 bridgehead atoms. The van der Waals surface area contributed by atoms with Crippen LogP contribution in [0.1, 0.15) is 18.4 Å². The smallest absolute Gasteiger partial charge is 0.243 e. The van der Waals surface area contributed by atoms with E-state index in [2.05, 4.69) is 10.0 Å². The minimum atomic E-state index is -3.77. The number of hydrogen-bond donors (Lipinski definition) is 2. The molecule has 1 atom stereocenters. The minimum absolute atomic E-state index is 0.267. The van der Waals surface area contributed by atoms with Gasteiger partial charge in [-0.05, 0) is 56.5 Å². The molecule has 19 heavy (non-hydrogen) atoms. The fourth-order valence-electron chi connectivity index (χ4n) is 2.22. The van der Waals surface area contributed by atoms with Gasteiger partial charge in [-0.1, -0.05) is 6.07 Å². The van der Waals surface area contributed by atoms with Gasteiger partial charge in [-0.2, -0.15) is 0 Å². The quantitative estimate of drug-likeness (QED) is 0.880. The van der Waals surface area contributed by atoms with Crippen molar-refractivity contribution in [3.63, 3.8) is 0 Å². The van der Waals surface area contributed by atoms with E-state index in [0.29, 0.717) is 6.54 Å². The van der Waals surface area contributed by atoms with Gasteiger partial charge in [0.05, 0.1) is 0 Å². The lowest BCUT2D eigenvalue weighted by Crippen LogP contribution is -2.38. The van der Waals surface area contributed by atoms with E-state index in [9.17, 15) is 12.8 Å². The second-order valence-corrected chi connectivity index (χ2v) is 6.73. The van der Waals surface area contributed by atoms with E-state index in [-0.39, 0.29) is 10.8 Å². The Morgan fingerprint density at radius 3 is 2.95 bits per heavy atom. The number of rotatable bonds is 4. The third-order valence-corrected chi connectivity index (χ3v) is 4.78. The Morgan fingerprint density at radius 1 is 1.47 bits per heavy atom. The molecule has 0 spiro atoms. The SMILES string of the molecule is Cc1ccc(F)c(S(=O)(=O)NC[C@@H]2CCCNC2)c1. The molecule has 0 radical (unpaired) electrons. The van der Waals surface area contributed by atoms with E-state index in [1.807, 2.05) is 0 Å². The number of sulfonamides is 1. The van der Waals surface area contributed by atoms with Crippen LogP contribution in [0.25, 0.3) is 0 Å². The molecule has 2 N–H and O–H groups in total. The van der Waals surface area contributed by atoms with Crippen LogP contribution in [-0.2, 0) is 10.0 Å². The Morgan fingerprint density at radius 2 is 2.26 bits per heavy atom. The summed E-state index contributed by atoms with van der Waals surface area (Å²) >= 11 is 0. The molecule has 2 rings (SSSR count). The summed E-state index contributed by atoms with van der Waals surface area (Å²) in [6.45, 7) is 3.88. The van der Waals surface area contributed by atoms with E-state index in [0.717, 1.165) is 31.5 Å². The summed E-state index contributed by atoms with van der Waals surface area (Å²) in [5.41, 5.74) is 0.723. The van der Waals surface area contributed by atoms with Gasteiger partial charge in [0.2, 0.25) is 10.0 Å². The molecule has 0 aliphatic carbocycles. The van der Waals surface area contributed by atoms with Gasteiger partial charge in [0.25, 0.3) is 0 Å². The number of nitrogens with one attached hydrogen (secondary N) is 2. The van der Waals surface area contributed by atoms with Crippen molar-refractivity contribution >= 4 is 10.0 Å². The third kappa shape index (κ3) is 3.75. The zero-order chi connectivity index (χ0) is 13.9. The van der Waals surface area contributed by atoms with Gasteiger partial charge < -0.3 is 5.32 Å². The van der Waals surface area contributed by atoms with Crippen LogP contribution in [0.2, 0.25) is 0 Å². The number of aryl methyl sites for hydroxylation is 1. The summed E-state index contributed by atoms with van der Waals surface area (Å²) in [4.78, 5) is -0.267. The Hall–Kier alpha value is -0.980. The molecule has 106 valence electrons. The third-order valence-electron chi connectivity index (χ3n) is 3.34. The van der Waals surface area contributed by atoms with Crippen LogP contribution in [0, 0.1) is 18.7 Å². The predicted molar refractivity (Wildman–Crippen MR) is 71.9 cm³/mol. The zero-order valence-corrected chi connectivity index (χ0v) is 11.8. The lowest BCUT2D eigenvalue weighted by atomic mass is 10.0. The van der Waals surface area contributed by atoms with Crippen molar-refractivity contribution in [2.24, 2.45) is 5.92 Å². The Bertz CT molecular complexity index is 540. The van der Waals surface area contributed by atoms with Crippen molar-refractivity contribution in [3.05, 3.63) is 29.6 Å². The van der Waals surface area contributed by atoms with E-state index >= 15 is 0 Å². The van der Waals surface area contributed by atoms with Crippen molar-refractivity contribution in [2.75, 3.05) is 19.6 Å². The highest BCUT2D eigenvalue weighted by Gasteiger charge is 2.21. The second-order valence-electron chi connectivity index (χ2n) is 5.00. The van der Waals surface area contributed by atoms with Crippen LogP contribution in [0.4, 0.5) is 4.39 Å². The predicted octanol–water partition coefficient (Wildman–Crippen LogP) is 1.41. The van der Waals surface area contributed by atoms with Crippen molar-refractivity contribution < 1.29 is 12.8 Å². The van der Waals surface area contributed by atoms with E-state index in [4.69, 9.17) is 0 Å². The van der Waals surface area contributed by atoms with Crippen molar-refractivity contribution in [3.8, 4) is 0 Å². The van der Waals surface area contributed by atoms with Gasteiger partial charge in [-0.3, -0.25) is 0 Å². The first kappa shape index (κ1) is 14.4. The summed E-state index contributed by atoms with van der Waals surface area (Å²) in [7, 11) is -3.77. The molecule has 1 heterocycles. The summed E-state index contributed by atoms with van der Waals surface area (Å²) in [6.07, 6.45) is 2.04. The number of halogens is 1. The van der Waals surface area contributed by atoms with Crippen LogP contribution in [0.3, 0.4) is 0 Å². The lowest BCUT2D eigenvalue weighted by molar-refractivity contribution is 0.375. The summed E-state index contributed by atoms with van der Waals surface area (Å²) in [6, 6.07) is 4.10. The maximum absolute atomic E-state index is 13.6. The standard InChI is InChI=1S/C13H19FN2O2S/c1-10-4-5-12(14)13(7-10)19(17,18)16-9-11-3-2-6-15-8-11/h4-5,7,11,15-16H,2-3,6,8-9H2,1H3/t11-/m1/s1. The summed E-state index contributed by atoms with van der Waals surface area (Å²) in [5, 5.41) is 3.22. The summed E-state index contributed by atoms with van der Waals surface area (Å²) in [5.74, 6) is -0.434. The Balaban J connectivity index is 2.07. The Labute approximate surface area is 113 Å². The fourth-order valence-corrected chi connectivity index (χ4v) is 3.50. The van der Waals surface area contributed by atoms with Crippen molar-refractivity contribution in [1.29, 1.82) is 0 Å². The highest BCUT2D eigenvalue weighted by atomic mass is 32.2. The van der Waals surface area contributed by atoms with Crippen LogP contribution in [0.15, 0.2) is 23.1 Å². The number of benzene rings is 1. The maximum atomic E-state index is 13.6. The monoisotopic (exact) mass is 286 g/mol. The van der Waals surface area contributed by atoms with Crippen LogP contribution >= 0.6 is 0 Å².